The molecule has 0 unspecified atom stereocenters. The third kappa shape index (κ3) is 7.25. The number of likely N-dealkylation sites (N-methyl/N-ethyl adjacent to an activating group) is 1. The second-order valence-corrected chi connectivity index (χ2v) is 10.4. The number of sulfonamides is 1. The lowest BCUT2D eigenvalue weighted by Crippen LogP contribution is -2.46. The molecule has 0 heterocycles. The molecule has 2 aromatic carbocycles. The molecule has 0 aliphatic heterocycles. The summed E-state index contributed by atoms with van der Waals surface area (Å²) in [5, 5.41) is 3.32. The van der Waals surface area contributed by atoms with E-state index >= 15 is 0 Å². The van der Waals surface area contributed by atoms with Gasteiger partial charge < -0.3 is 15.0 Å². The van der Waals surface area contributed by atoms with Crippen LogP contribution in [0.2, 0.25) is 10.0 Å². The molecule has 0 aliphatic carbocycles. The number of hydrogen-bond donors (Lipinski definition) is 1. The number of ether oxygens (including phenoxy) is 1. The molecule has 0 saturated carbocycles. The number of anilines is 1. The molecule has 1 N–H and O–H groups in total. The number of nitrogens with one attached hydrogen (secondary N) is 1. The Morgan fingerprint density at radius 3 is 2.35 bits per heavy atom. The highest BCUT2D eigenvalue weighted by molar-refractivity contribution is 7.92. The number of benzene rings is 2. The molecule has 0 aromatic heterocycles. The zero-order chi connectivity index (χ0) is 25.5. The molecule has 2 amide bonds. The van der Waals surface area contributed by atoms with Crippen molar-refractivity contribution < 1.29 is 22.7 Å². The van der Waals surface area contributed by atoms with Crippen LogP contribution in [0, 0.1) is 0 Å². The summed E-state index contributed by atoms with van der Waals surface area (Å²) < 4.78 is 31.1. The van der Waals surface area contributed by atoms with Crippen molar-refractivity contribution in [3.05, 3.63) is 58.1 Å². The Hall–Kier alpha value is -2.49. The fourth-order valence-corrected chi connectivity index (χ4v) is 4.82. The maximum Gasteiger partial charge on any atom is 0.242 e. The third-order valence-electron chi connectivity index (χ3n) is 5.29. The van der Waals surface area contributed by atoms with Crippen LogP contribution in [0.1, 0.15) is 25.3 Å². The van der Waals surface area contributed by atoms with E-state index in [-0.39, 0.29) is 42.8 Å². The van der Waals surface area contributed by atoms with Gasteiger partial charge in [0.2, 0.25) is 21.8 Å². The molecule has 11 heteroatoms. The Morgan fingerprint density at radius 2 is 1.79 bits per heavy atom. The molecule has 0 spiro atoms. The number of carbonyl (C=O) groups excluding carboxylic acids is 2. The summed E-state index contributed by atoms with van der Waals surface area (Å²) in [5.74, 6) is -0.185. The minimum atomic E-state index is -3.63. The quantitative estimate of drug-likeness (QED) is 0.478. The molecule has 2 aromatic rings. The smallest absolute Gasteiger partial charge is 0.242 e. The van der Waals surface area contributed by atoms with Crippen LogP contribution < -0.4 is 14.4 Å². The van der Waals surface area contributed by atoms with Crippen LogP contribution in [0.15, 0.2) is 42.5 Å². The number of amides is 2. The number of methoxy groups -OCH3 is 1. The van der Waals surface area contributed by atoms with Gasteiger partial charge in [0.15, 0.2) is 0 Å². The highest BCUT2D eigenvalue weighted by atomic mass is 35.5. The van der Waals surface area contributed by atoms with Gasteiger partial charge in [-0.15, -0.1) is 0 Å². The van der Waals surface area contributed by atoms with Crippen molar-refractivity contribution in [2.24, 2.45) is 0 Å². The van der Waals surface area contributed by atoms with Crippen LogP contribution in [0.4, 0.5) is 5.69 Å². The lowest BCUT2D eigenvalue weighted by Gasteiger charge is -2.29. The lowest BCUT2D eigenvalue weighted by atomic mass is 10.1. The molecule has 8 nitrogen and oxygen atoms in total. The molecular weight excluding hydrogens is 501 g/mol. The zero-order valence-electron chi connectivity index (χ0n) is 19.5. The minimum absolute atomic E-state index is 0.0295. The fourth-order valence-electron chi connectivity index (χ4n) is 3.42. The molecule has 0 saturated heterocycles. The number of hydrogen-bond acceptors (Lipinski definition) is 5. The monoisotopic (exact) mass is 529 g/mol. The molecule has 34 heavy (non-hydrogen) atoms. The fraction of sp³-hybridized carbons (Fsp3) is 0.391. The molecular formula is C23H29Cl2N3O5S. The van der Waals surface area contributed by atoms with Gasteiger partial charge in [0.05, 0.1) is 24.1 Å². The Bertz CT molecular complexity index is 1130. The summed E-state index contributed by atoms with van der Waals surface area (Å²) in [6.45, 7) is 1.84. The zero-order valence-corrected chi connectivity index (χ0v) is 21.9. The SMILES string of the molecule is CNC(=O)[C@H](C)N(Cc1ccccc1Cl)C(=O)CCCN(c1ccc(OC)c(Cl)c1)S(C)(=O)=O. The van der Waals surface area contributed by atoms with E-state index in [2.05, 4.69) is 5.32 Å². The van der Waals surface area contributed by atoms with E-state index in [1.54, 1.807) is 43.3 Å². The largest absolute Gasteiger partial charge is 0.495 e. The Labute approximate surface area is 210 Å². The van der Waals surface area contributed by atoms with E-state index in [1.807, 2.05) is 0 Å². The van der Waals surface area contributed by atoms with Crippen molar-refractivity contribution in [2.75, 3.05) is 31.3 Å². The van der Waals surface area contributed by atoms with Crippen molar-refractivity contribution in [1.82, 2.24) is 10.2 Å². The standard InChI is InChI=1S/C23H29Cl2N3O5S/c1-16(23(30)26-2)27(15-17-8-5-6-9-19(17)24)22(29)10-7-13-28(34(4,31)32)18-11-12-21(33-3)20(25)14-18/h5-6,8-9,11-12,14,16H,7,10,13,15H2,1-4H3,(H,26,30)/t16-/m0/s1. The van der Waals surface area contributed by atoms with Gasteiger partial charge >= 0.3 is 0 Å². The number of nitrogens with zero attached hydrogens (tertiary/aromatic N) is 2. The summed E-state index contributed by atoms with van der Waals surface area (Å²) in [7, 11) is -0.665. The summed E-state index contributed by atoms with van der Waals surface area (Å²) >= 11 is 12.4. The van der Waals surface area contributed by atoms with Crippen molar-refractivity contribution >= 4 is 50.7 Å². The number of halogens is 2. The van der Waals surface area contributed by atoms with Gasteiger partial charge in [0.1, 0.15) is 11.8 Å². The normalized spacial score (nSPS) is 12.1. The molecule has 2 rings (SSSR count). The summed E-state index contributed by atoms with van der Waals surface area (Å²) in [4.78, 5) is 26.8. The van der Waals surface area contributed by atoms with Crippen molar-refractivity contribution in [3.8, 4) is 5.75 Å². The molecule has 0 radical (unpaired) electrons. The van der Waals surface area contributed by atoms with E-state index in [4.69, 9.17) is 27.9 Å². The average Bonchev–Trinajstić information content (AvgIpc) is 2.79. The second-order valence-electron chi connectivity index (χ2n) is 7.66. The van der Waals surface area contributed by atoms with Gasteiger partial charge in [0.25, 0.3) is 0 Å². The van der Waals surface area contributed by atoms with Gasteiger partial charge in [-0.25, -0.2) is 8.42 Å². The van der Waals surface area contributed by atoms with Crippen LogP contribution in [-0.4, -0.2) is 58.1 Å². The molecule has 0 fully saturated rings. The van der Waals surface area contributed by atoms with Crippen molar-refractivity contribution in [1.29, 1.82) is 0 Å². The first-order chi connectivity index (χ1) is 16.0. The number of rotatable bonds is 11. The summed E-state index contributed by atoms with van der Waals surface area (Å²) in [6, 6.07) is 11.0. The lowest BCUT2D eigenvalue weighted by molar-refractivity contribution is -0.140. The maximum atomic E-state index is 13.1. The van der Waals surface area contributed by atoms with Crippen LogP contribution >= 0.6 is 23.2 Å². The second kappa shape index (κ2) is 12.3. The van der Waals surface area contributed by atoms with Gasteiger partial charge in [-0.2, -0.15) is 0 Å². The van der Waals surface area contributed by atoms with Crippen LogP contribution in [-0.2, 0) is 26.2 Å². The third-order valence-corrected chi connectivity index (χ3v) is 7.15. The van der Waals surface area contributed by atoms with Gasteiger partial charge in [-0.1, -0.05) is 41.4 Å². The Balaban J connectivity index is 2.18. The van der Waals surface area contributed by atoms with E-state index in [0.29, 0.717) is 22.0 Å². The average molecular weight is 530 g/mol. The first-order valence-electron chi connectivity index (χ1n) is 10.5. The molecule has 0 bridgehead atoms. The van der Waals surface area contributed by atoms with Crippen LogP contribution in [0.3, 0.4) is 0 Å². The number of carbonyl (C=O) groups is 2. The Kier molecular flexibility index (Phi) is 10.0. The van der Waals surface area contributed by atoms with E-state index in [9.17, 15) is 18.0 Å². The van der Waals surface area contributed by atoms with Crippen molar-refractivity contribution in [3.63, 3.8) is 0 Å². The molecule has 186 valence electrons. The maximum absolute atomic E-state index is 13.1. The highest BCUT2D eigenvalue weighted by Gasteiger charge is 2.26. The van der Waals surface area contributed by atoms with Crippen molar-refractivity contribution in [2.45, 2.75) is 32.4 Å². The van der Waals surface area contributed by atoms with Crippen LogP contribution in [0.25, 0.3) is 0 Å². The van der Waals surface area contributed by atoms with Gasteiger partial charge in [-0.3, -0.25) is 13.9 Å². The van der Waals surface area contributed by atoms with E-state index in [0.717, 1.165) is 6.26 Å². The summed E-state index contributed by atoms with van der Waals surface area (Å²) in [6.07, 6.45) is 1.35. The van der Waals surface area contributed by atoms with Gasteiger partial charge in [0, 0.05) is 31.6 Å². The highest BCUT2D eigenvalue weighted by Crippen LogP contribution is 2.30. The Morgan fingerprint density at radius 1 is 1.12 bits per heavy atom. The first-order valence-corrected chi connectivity index (χ1v) is 13.2. The van der Waals surface area contributed by atoms with E-state index < -0.39 is 16.1 Å². The minimum Gasteiger partial charge on any atom is -0.495 e. The predicted octanol–water partition coefficient (Wildman–Crippen LogP) is 3.71. The van der Waals surface area contributed by atoms with Gasteiger partial charge in [-0.05, 0) is 43.2 Å². The predicted molar refractivity (Wildman–Crippen MR) is 135 cm³/mol. The van der Waals surface area contributed by atoms with Crippen LogP contribution in [0.5, 0.6) is 5.75 Å². The molecule has 0 aliphatic rings. The van der Waals surface area contributed by atoms with E-state index in [1.165, 1.54) is 29.4 Å². The first kappa shape index (κ1) is 27.8. The summed E-state index contributed by atoms with van der Waals surface area (Å²) in [5.41, 5.74) is 1.08. The molecule has 1 atom stereocenters. The topological polar surface area (TPSA) is 96.0 Å².